The first-order valence-corrected chi connectivity index (χ1v) is 7.16. The molecule has 1 aromatic carbocycles. The third-order valence-electron chi connectivity index (χ3n) is 2.41. The van der Waals surface area contributed by atoms with Gasteiger partial charge in [0.05, 0.1) is 16.4 Å². The van der Waals surface area contributed by atoms with Gasteiger partial charge in [0, 0.05) is 9.75 Å². The summed E-state index contributed by atoms with van der Waals surface area (Å²) in [4.78, 5) is 6.87. The number of thiazole rings is 1. The summed E-state index contributed by atoms with van der Waals surface area (Å²) in [7, 11) is 0. The summed E-state index contributed by atoms with van der Waals surface area (Å²) in [5, 5.41) is 5.02. The lowest BCUT2D eigenvalue weighted by Gasteiger charge is -1.90. The van der Waals surface area contributed by atoms with Gasteiger partial charge < -0.3 is 0 Å². The van der Waals surface area contributed by atoms with E-state index in [4.69, 9.17) is 0 Å². The molecular formula is C13H11N3S2. The smallest absolute Gasteiger partial charge is 0.204 e. The van der Waals surface area contributed by atoms with Crippen LogP contribution in [0.4, 0.5) is 5.13 Å². The largest absolute Gasteiger partial charge is 0.253 e. The Bertz CT molecular complexity index is 664. The van der Waals surface area contributed by atoms with Gasteiger partial charge in [0.2, 0.25) is 5.13 Å². The van der Waals surface area contributed by atoms with E-state index in [1.807, 2.05) is 24.4 Å². The normalized spacial score (nSPS) is 11.4. The van der Waals surface area contributed by atoms with Gasteiger partial charge in [-0.2, -0.15) is 5.10 Å². The SMILES string of the molecule is Cc1ccc(/C=N\Nc2nc3ccccc3s2)s1. The van der Waals surface area contributed by atoms with Crippen LogP contribution in [0.15, 0.2) is 41.5 Å². The van der Waals surface area contributed by atoms with E-state index >= 15 is 0 Å². The minimum Gasteiger partial charge on any atom is -0.253 e. The number of hydrogen-bond acceptors (Lipinski definition) is 5. The Labute approximate surface area is 113 Å². The third-order valence-corrected chi connectivity index (χ3v) is 4.28. The molecule has 0 saturated heterocycles. The van der Waals surface area contributed by atoms with Gasteiger partial charge in [-0.25, -0.2) is 4.98 Å². The molecule has 0 amide bonds. The van der Waals surface area contributed by atoms with E-state index < -0.39 is 0 Å². The van der Waals surface area contributed by atoms with Crippen molar-refractivity contribution in [1.82, 2.24) is 4.98 Å². The number of benzene rings is 1. The molecule has 0 bridgehead atoms. The second-order valence-electron chi connectivity index (χ2n) is 3.81. The van der Waals surface area contributed by atoms with E-state index in [1.165, 1.54) is 9.58 Å². The van der Waals surface area contributed by atoms with Crippen LogP contribution in [0.3, 0.4) is 0 Å². The van der Waals surface area contributed by atoms with Crippen molar-refractivity contribution < 1.29 is 0 Å². The molecule has 3 aromatic rings. The van der Waals surface area contributed by atoms with E-state index in [0.29, 0.717) is 0 Å². The molecule has 0 fully saturated rings. The van der Waals surface area contributed by atoms with Crippen molar-refractivity contribution in [3.63, 3.8) is 0 Å². The number of nitrogens with zero attached hydrogens (tertiary/aromatic N) is 2. The Balaban J connectivity index is 1.74. The monoisotopic (exact) mass is 273 g/mol. The summed E-state index contributed by atoms with van der Waals surface area (Å²) < 4.78 is 1.17. The summed E-state index contributed by atoms with van der Waals surface area (Å²) in [6.45, 7) is 2.09. The highest BCUT2D eigenvalue weighted by molar-refractivity contribution is 7.22. The van der Waals surface area contributed by atoms with Gasteiger partial charge in [0.1, 0.15) is 0 Å². The van der Waals surface area contributed by atoms with Crippen molar-refractivity contribution in [3.8, 4) is 0 Å². The van der Waals surface area contributed by atoms with E-state index in [9.17, 15) is 0 Å². The lowest BCUT2D eigenvalue weighted by Crippen LogP contribution is -1.87. The minimum atomic E-state index is 0.820. The standard InChI is InChI=1S/C13H11N3S2/c1-9-6-7-10(17-9)8-14-16-13-15-11-4-2-3-5-12(11)18-13/h2-8H,1H3,(H,15,16)/b14-8-. The summed E-state index contributed by atoms with van der Waals surface area (Å²) in [6, 6.07) is 12.2. The average Bonchev–Trinajstić information content (AvgIpc) is 2.95. The van der Waals surface area contributed by atoms with Gasteiger partial charge in [-0.05, 0) is 31.2 Å². The van der Waals surface area contributed by atoms with Crippen molar-refractivity contribution in [2.45, 2.75) is 6.92 Å². The van der Waals surface area contributed by atoms with Crippen molar-refractivity contribution in [3.05, 3.63) is 46.2 Å². The zero-order chi connectivity index (χ0) is 12.4. The van der Waals surface area contributed by atoms with Crippen LogP contribution in [-0.4, -0.2) is 11.2 Å². The highest BCUT2D eigenvalue weighted by Crippen LogP contribution is 2.25. The molecule has 5 heteroatoms. The summed E-state index contributed by atoms with van der Waals surface area (Å²) >= 11 is 3.33. The lowest BCUT2D eigenvalue weighted by molar-refractivity contribution is 1.31. The van der Waals surface area contributed by atoms with Gasteiger partial charge in [-0.1, -0.05) is 23.5 Å². The molecule has 0 atom stereocenters. The first-order valence-electron chi connectivity index (χ1n) is 5.52. The maximum absolute atomic E-state index is 4.45. The quantitative estimate of drug-likeness (QED) is 0.576. The van der Waals surface area contributed by atoms with Gasteiger partial charge in [0.25, 0.3) is 0 Å². The fourth-order valence-corrected chi connectivity index (χ4v) is 3.16. The van der Waals surface area contributed by atoms with Crippen LogP contribution < -0.4 is 5.43 Å². The van der Waals surface area contributed by atoms with E-state index in [2.05, 4.69) is 40.6 Å². The Morgan fingerprint density at radius 1 is 1.17 bits per heavy atom. The number of fused-ring (bicyclic) bond motifs is 1. The van der Waals surface area contributed by atoms with Crippen molar-refractivity contribution in [2.24, 2.45) is 5.10 Å². The van der Waals surface area contributed by atoms with Crippen LogP contribution in [0.5, 0.6) is 0 Å². The maximum Gasteiger partial charge on any atom is 0.204 e. The molecule has 0 saturated carbocycles. The summed E-state index contributed by atoms with van der Waals surface area (Å²) in [5.41, 5.74) is 3.98. The lowest BCUT2D eigenvalue weighted by atomic mass is 10.3. The molecule has 0 unspecified atom stereocenters. The molecule has 1 N–H and O–H groups in total. The number of anilines is 1. The number of aryl methyl sites for hydroxylation is 1. The average molecular weight is 273 g/mol. The second kappa shape index (κ2) is 4.88. The molecule has 2 aromatic heterocycles. The molecule has 0 radical (unpaired) electrons. The second-order valence-corrected chi connectivity index (χ2v) is 6.16. The number of rotatable bonds is 3. The number of para-hydroxylation sites is 1. The molecule has 90 valence electrons. The molecule has 0 aliphatic rings. The molecule has 2 heterocycles. The number of thiophene rings is 1. The fourth-order valence-electron chi connectivity index (χ4n) is 1.59. The van der Waals surface area contributed by atoms with Gasteiger partial charge >= 0.3 is 0 Å². The molecule has 0 spiro atoms. The van der Waals surface area contributed by atoms with Crippen LogP contribution in [0.25, 0.3) is 10.2 Å². The minimum absolute atomic E-state index is 0.820. The van der Waals surface area contributed by atoms with Gasteiger partial charge in [-0.3, -0.25) is 5.43 Å². The third kappa shape index (κ3) is 2.42. The van der Waals surface area contributed by atoms with E-state index in [0.717, 1.165) is 15.5 Å². The first kappa shape index (κ1) is 11.4. The zero-order valence-electron chi connectivity index (χ0n) is 9.75. The Kier molecular flexibility index (Phi) is 3.08. The number of aromatic nitrogens is 1. The summed E-state index contributed by atoms with van der Waals surface area (Å²) in [5.74, 6) is 0. The van der Waals surface area contributed by atoms with Crippen molar-refractivity contribution in [2.75, 3.05) is 5.43 Å². The van der Waals surface area contributed by atoms with Gasteiger partial charge in [-0.15, -0.1) is 11.3 Å². The number of hydrogen-bond donors (Lipinski definition) is 1. The van der Waals surface area contributed by atoms with Crippen LogP contribution in [0.1, 0.15) is 9.75 Å². The van der Waals surface area contributed by atoms with Crippen LogP contribution in [-0.2, 0) is 0 Å². The van der Waals surface area contributed by atoms with Crippen LogP contribution >= 0.6 is 22.7 Å². The number of hydrazone groups is 1. The molecule has 0 aliphatic carbocycles. The summed E-state index contributed by atoms with van der Waals surface area (Å²) in [6.07, 6.45) is 1.82. The van der Waals surface area contributed by atoms with E-state index in [1.54, 1.807) is 22.7 Å². The Morgan fingerprint density at radius 2 is 2.06 bits per heavy atom. The molecular weight excluding hydrogens is 262 g/mol. The van der Waals surface area contributed by atoms with Crippen molar-refractivity contribution in [1.29, 1.82) is 0 Å². The first-order chi connectivity index (χ1) is 8.81. The van der Waals surface area contributed by atoms with Crippen molar-refractivity contribution >= 4 is 44.2 Å². The highest BCUT2D eigenvalue weighted by Gasteiger charge is 2.00. The Hall–Kier alpha value is -1.72. The Morgan fingerprint density at radius 3 is 2.83 bits per heavy atom. The molecule has 0 aliphatic heterocycles. The fraction of sp³-hybridized carbons (Fsp3) is 0.0769. The molecule has 3 rings (SSSR count). The topological polar surface area (TPSA) is 37.3 Å². The predicted molar refractivity (Wildman–Crippen MR) is 79.9 cm³/mol. The predicted octanol–water partition coefficient (Wildman–Crippen LogP) is 4.11. The number of nitrogens with one attached hydrogen (secondary N) is 1. The van der Waals surface area contributed by atoms with Gasteiger partial charge in [0.15, 0.2) is 0 Å². The van der Waals surface area contributed by atoms with Crippen LogP contribution in [0, 0.1) is 6.92 Å². The molecule has 18 heavy (non-hydrogen) atoms. The zero-order valence-corrected chi connectivity index (χ0v) is 11.4. The molecule has 3 nitrogen and oxygen atoms in total. The van der Waals surface area contributed by atoms with Crippen LogP contribution in [0.2, 0.25) is 0 Å². The maximum atomic E-state index is 4.45. The van der Waals surface area contributed by atoms with E-state index in [-0.39, 0.29) is 0 Å². The highest BCUT2D eigenvalue weighted by atomic mass is 32.1.